The number of carbonyl (C=O) groups excluding carboxylic acids is 1. The SMILES string of the molecule is CCC(N)CNC(=O)Cc1cc(C)ccc1C. The summed E-state index contributed by atoms with van der Waals surface area (Å²) < 4.78 is 0. The van der Waals surface area contributed by atoms with Crippen molar-refractivity contribution in [3.8, 4) is 0 Å². The van der Waals surface area contributed by atoms with Gasteiger partial charge in [-0.15, -0.1) is 0 Å². The fraction of sp³-hybridized carbons (Fsp3) is 0.500. The molecule has 1 aromatic carbocycles. The second kappa shape index (κ2) is 6.40. The molecule has 0 fully saturated rings. The highest BCUT2D eigenvalue weighted by Gasteiger charge is 2.07. The molecule has 0 bridgehead atoms. The van der Waals surface area contributed by atoms with Gasteiger partial charge in [-0.2, -0.15) is 0 Å². The van der Waals surface area contributed by atoms with Crippen LogP contribution in [0.1, 0.15) is 30.0 Å². The average Bonchev–Trinajstić information content (AvgIpc) is 2.30. The molecule has 3 N–H and O–H groups in total. The summed E-state index contributed by atoms with van der Waals surface area (Å²) in [5.74, 6) is 0.0441. The molecule has 0 spiro atoms. The molecular weight excluding hydrogens is 212 g/mol. The molecule has 94 valence electrons. The molecule has 0 radical (unpaired) electrons. The summed E-state index contributed by atoms with van der Waals surface area (Å²) in [6.45, 7) is 6.63. The minimum atomic E-state index is 0.0441. The van der Waals surface area contributed by atoms with E-state index < -0.39 is 0 Å². The fourth-order valence-corrected chi connectivity index (χ4v) is 1.62. The zero-order valence-electron chi connectivity index (χ0n) is 10.9. The first-order valence-electron chi connectivity index (χ1n) is 6.11. The standard InChI is InChI=1S/C14H22N2O/c1-4-13(15)9-16-14(17)8-12-7-10(2)5-6-11(12)3/h5-7,13H,4,8-9,15H2,1-3H3,(H,16,17). The summed E-state index contributed by atoms with van der Waals surface area (Å²) in [4.78, 5) is 11.7. The normalized spacial score (nSPS) is 12.2. The third-order valence-corrected chi connectivity index (χ3v) is 2.94. The largest absolute Gasteiger partial charge is 0.354 e. The predicted molar refractivity (Wildman–Crippen MR) is 70.9 cm³/mol. The Balaban J connectivity index is 2.53. The van der Waals surface area contributed by atoms with Crippen LogP contribution in [0.3, 0.4) is 0 Å². The van der Waals surface area contributed by atoms with Crippen LogP contribution in [0, 0.1) is 13.8 Å². The van der Waals surface area contributed by atoms with E-state index in [0.29, 0.717) is 13.0 Å². The van der Waals surface area contributed by atoms with E-state index in [1.54, 1.807) is 0 Å². The van der Waals surface area contributed by atoms with Gasteiger partial charge < -0.3 is 11.1 Å². The van der Waals surface area contributed by atoms with Crippen LogP contribution in [0.25, 0.3) is 0 Å². The second-order valence-electron chi connectivity index (χ2n) is 4.58. The Morgan fingerprint density at radius 2 is 2.12 bits per heavy atom. The summed E-state index contributed by atoms with van der Waals surface area (Å²) in [5, 5.41) is 2.86. The smallest absolute Gasteiger partial charge is 0.224 e. The molecule has 0 aliphatic rings. The first kappa shape index (κ1) is 13.7. The van der Waals surface area contributed by atoms with Gasteiger partial charge in [0.2, 0.25) is 5.91 Å². The van der Waals surface area contributed by atoms with Crippen molar-refractivity contribution in [3.05, 3.63) is 34.9 Å². The first-order valence-corrected chi connectivity index (χ1v) is 6.11. The van der Waals surface area contributed by atoms with Crippen molar-refractivity contribution in [3.63, 3.8) is 0 Å². The van der Waals surface area contributed by atoms with Gasteiger partial charge in [-0.25, -0.2) is 0 Å². The van der Waals surface area contributed by atoms with Crippen molar-refractivity contribution >= 4 is 5.91 Å². The molecular formula is C14H22N2O. The third-order valence-electron chi connectivity index (χ3n) is 2.94. The molecule has 3 nitrogen and oxygen atoms in total. The van der Waals surface area contributed by atoms with Crippen LogP contribution in [0.15, 0.2) is 18.2 Å². The van der Waals surface area contributed by atoms with E-state index in [9.17, 15) is 4.79 Å². The number of amides is 1. The highest BCUT2D eigenvalue weighted by molar-refractivity contribution is 5.79. The van der Waals surface area contributed by atoms with Crippen molar-refractivity contribution in [1.29, 1.82) is 0 Å². The molecule has 17 heavy (non-hydrogen) atoms. The van der Waals surface area contributed by atoms with Crippen LogP contribution >= 0.6 is 0 Å². The minimum Gasteiger partial charge on any atom is -0.354 e. The van der Waals surface area contributed by atoms with Gasteiger partial charge in [-0.1, -0.05) is 30.7 Å². The zero-order chi connectivity index (χ0) is 12.8. The summed E-state index contributed by atoms with van der Waals surface area (Å²) in [6, 6.07) is 6.23. The molecule has 0 aliphatic carbocycles. The van der Waals surface area contributed by atoms with Gasteiger partial charge >= 0.3 is 0 Å². The van der Waals surface area contributed by atoms with E-state index in [1.807, 2.05) is 20.8 Å². The third kappa shape index (κ3) is 4.57. The Morgan fingerprint density at radius 3 is 2.76 bits per heavy atom. The van der Waals surface area contributed by atoms with Gasteiger partial charge in [-0.05, 0) is 31.4 Å². The molecule has 0 aromatic heterocycles. The second-order valence-corrected chi connectivity index (χ2v) is 4.58. The summed E-state index contributed by atoms with van der Waals surface area (Å²) in [6.07, 6.45) is 1.31. The maximum absolute atomic E-state index is 11.7. The fourth-order valence-electron chi connectivity index (χ4n) is 1.62. The number of hydrogen-bond acceptors (Lipinski definition) is 2. The molecule has 3 heteroatoms. The molecule has 0 saturated carbocycles. The van der Waals surface area contributed by atoms with Gasteiger partial charge in [-0.3, -0.25) is 4.79 Å². The van der Waals surface area contributed by atoms with E-state index in [-0.39, 0.29) is 11.9 Å². The van der Waals surface area contributed by atoms with Crippen LogP contribution in [-0.4, -0.2) is 18.5 Å². The Hall–Kier alpha value is -1.35. The Bertz CT molecular complexity index is 388. The lowest BCUT2D eigenvalue weighted by Crippen LogP contribution is -2.37. The van der Waals surface area contributed by atoms with Crippen LogP contribution in [-0.2, 0) is 11.2 Å². The van der Waals surface area contributed by atoms with Crippen LogP contribution < -0.4 is 11.1 Å². The molecule has 1 unspecified atom stereocenters. The topological polar surface area (TPSA) is 55.1 Å². The molecule has 1 rings (SSSR count). The number of benzene rings is 1. The van der Waals surface area contributed by atoms with Crippen LogP contribution in [0.5, 0.6) is 0 Å². The van der Waals surface area contributed by atoms with Crippen molar-refractivity contribution in [2.45, 2.75) is 39.7 Å². The van der Waals surface area contributed by atoms with Gasteiger partial charge in [0.1, 0.15) is 0 Å². The molecule has 1 atom stereocenters. The Labute approximate surface area is 103 Å². The van der Waals surface area contributed by atoms with E-state index in [1.165, 1.54) is 5.56 Å². The van der Waals surface area contributed by atoms with E-state index in [0.717, 1.165) is 17.5 Å². The monoisotopic (exact) mass is 234 g/mol. The number of nitrogens with two attached hydrogens (primary N) is 1. The van der Waals surface area contributed by atoms with Gasteiger partial charge in [0.25, 0.3) is 0 Å². The Morgan fingerprint density at radius 1 is 1.41 bits per heavy atom. The van der Waals surface area contributed by atoms with E-state index in [2.05, 4.69) is 23.5 Å². The van der Waals surface area contributed by atoms with Gasteiger partial charge in [0.15, 0.2) is 0 Å². The number of carbonyl (C=O) groups is 1. The summed E-state index contributed by atoms with van der Waals surface area (Å²) in [7, 11) is 0. The van der Waals surface area contributed by atoms with E-state index >= 15 is 0 Å². The zero-order valence-corrected chi connectivity index (χ0v) is 10.9. The molecule has 0 saturated heterocycles. The number of aryl methyl sites for hydroxylation is 2. The molecule has 0 heterocycles. The minimum absolute atomic E-state index is 0.0441. The van der Waals surface area contributed by atoms with Crippen molar-refractivity contribution in [2.75, 3.05) is 6.54 Å². The van der Waals surface area contributed by atoms with Crippen molar-refractivity contribution in [2.24, 2.45) is 5.73 Å². The predicted octanol–water partition coefficient (Wildman–Crippen LogP) is 1.70. The van der Waals surface area contributed by atoms with E-state index in [4.69, 9.17) is 5.73 Å². The number of rotatable bonds is 5. The van der Waals surface area contributed by atoms with Crippen LogP contribution in [0.4, 0.5) is 0 Å². The van der Waals surface area contributed by atoms with Crippen LogP contribution in [0.2, 0.25) is 0 Å². The molecule has 0 aliphatic heterocycles. The number of hydrogen-bond donors (Lipinski definition) is 2. The number of nitrogens with one attached hydrogen (secondary N) is 1. The lowest BCUT2D eigenvalue weighted by Gasteiger charge is -2.11. The van der Waals surface area contributed by atoms with Gasteiger partial charge in [0, 0.05) is 12.6 Å². The summed E-state index contributed by atoms with van der Waals surface area (Å²) in [5.41, 5.74) is 9.19. The van der Waals surface area contributed by atoms with Gasteiger partial charge in [0.05, 0.1) is 6.42 Å². The molecule has 1 amide bonds. The lowest BCUT2D eigenvalue weighted by molar-refractivity contribution is -0.120. The quantitative estimate of drug-likeness (QED) is 0.814. The van der Waals surface area contributed by atoms with Crippen molar-refractivity contribution in [1.82, 2.24) is 5.32 Å². The maximum atomic E-state index is 11.7. The highest BCUT2D eigenvalue weighted by Crippen LogP contribution is 2.11. The average molecular weight is 234 g/mol. The maximum Gasteiger partial charge on any atom is 0.224 e. The molecule has 1 aromatic rings. The Kier molecular flexibility index (Phi) is 5.16. The first-order chi connectivity index (χ1) is 8.02. The summed E-state index contributed by atoms with van der Waals surface area (Å²) >= 11 is 0. The van der Waals surface area contributed by atoms with Crippen molar-refractivity contribution < 1.29 is 4.79 Å². The lowest BCUT2D eigenvalue weighted by atomic mass is 10.0. The highest BCUT2D eigenvalue weighted by atomic mass is 16.1.